The van der Waals surface area contributed by atoms with Gasteiger partial charge in [0.05, 0.1) is 6.61 Å². The summed E-state index contributed by atoms with van der Waals surface area (Å²) >= 11 is 1.60. The largest absolute Gasteiger partial charge is 0.494 e. The Bertz CT molecular complexity index is 1550. The number of nitrogens with zero attached hydrogens (tertiary/aromatic N) is 1. The smallest absolute Gasteiger partial charge is 0.255 e. The van der Waals surface area contributed by atoms with Crippen molar-refractivity contribution in [3.63, 3.8) is 0 Å². The van der Waals surface area contributed by atoms with Crippen molar-refractivity contribution in [2.75, 3.05) is 24.3 Å². The van der Waals surface area contributed by atoms with Gasteiger partial charge in [-0.2, -0.15) is 0 Å². The zero-order valence-electron chi connectivity index (χ0n) is 29.4. The van der Waals surface area contributed by atoms with E-state index >= 15 is 0 Å². The van der Waals surface area contributed by atoms with E-state index in [-0.39, 0.29) is 5.91 Å². The number of ether oxygens (including phenoxy) is 1. The van der Waals surface area contributed by atoms with Gasteiger partial charge in [0, 0.05) is 35.9 Å². The van der Waals surface area contributed by atoms with Crippen LogP contribution < -0.4 is 15.4 Å². The lowest BCUT2D eigenvalue weighted by Gasteiger charge is -2.34. The zero-order valence-corrected chi connectivity index (χ0v) is 30.2. The van der Waals surface area contributed by atoms with Crippen molar-refractivity contribution in [1.29, 1.82) is 0 Å². The summed E-state index contributed by atoms with van der Waals surface area (Å²) < 4.78 is 5.40. The van der Waals surface area contributed by atoms with Gasteiger partial charge in [0.25, 0.3) is 5.91 Å². The van der Waals surface area contributed by atoms with Crippen LogP contribution in [0.15, 0.2) is 114 Å². The number of thiazole rings is 1. The lowest BCUT2D eigenvalue weighted by molar-refractivity contribution is 0.102. The summed E-state index contributed by atoms with van der Waals surface area (Å²) in [6.45, 7) is 15.1. The van der Waals surface area contributed by atoms with Crippen LogP contribution >= 0.6 is 11.3 Å². The molecular weight excluding hydrogens is 599 g/mol. The molecule has 0 bridgehead atoms. The van der Waals surface area contributed by atoms with E-state index in [0.717, 1.165) is 34.0 Å². The average Bonchev–Trinajstić information content (AvgIpc) is 3.60. The molecule has 1 aromatic heterocycles. The quantitative estimate of drug-likeness (QED) is 0.177. The lowest BCUT2D eigenvalue weighted by atomic mass is 9.71. The van der Waals surface area contributed by atoms with Gasteiger partial charge < -0.3 is 15.4 Å². The van der Waals surface area contributed by atoms with E-state index < -0.39 is 0 Å². The molecule has 1 amide bonds. The van der Waals surface area contributed by atoms with Crippen molar-refractivity contribution in [3.8, 4) is 5.75 Å². The SMILES string of the molecule is C/C=C\C=C/C(C)=Cc1ccccc1C1CC(C)C1.CC.CCOc1cccc(NC(=O)c2cccc(C)c2)c1.CNc1nccs1. The monoisotopic (exact) mass is 651 g/mol. The Morgan fingerprint density at radius 3 is 2.38 bits per heavy atom. The highest BCUT2D eigenvalue weighted by molar-refractivity contribution is 7.13. The molecule has 0 saturated heterocycles. The number of allylic oxidation sites excluding steroid dienone is 5. The molecular formula is C41H53N3O2S. The summed E-state index contributed by atoms with van der Waals surface area (Å²) in [6, 6.07) is 23.7. The molecule has 250 valence electrons. The highest BCUT2D eigenvalue weighted by Crippen LogP contribution is 2.42. The number of carbonyl (C=O) groups is 1. The van der Waals surface area contributed by atoms with Gasteiger partial charge in [0.15, 0.2) is 5.13 Å². The minimum atomic E-state index is -0.114. The molecule has 0 aliphatic heterocycles. The van der Waals surface area contributed by atoms with Crippen LogP contribution in [0.5, 0.6) is 5.75 Å². The molecule has 3 aromatic carbocycles. The molecule has 0 atom stereocenters. The normalized spacial score (nSPS) is 15.2. The molecule has 5 rings (SSSR count). The summed E-state index contributed by atoms with van der Waals surface area (Å²) in [7, 11) is 1.86. The van der Waals surface area contributed by atoms with Gasteiger partial charge in [-0.1, -0.05) is 105 Å². The average molecular weight is 652 g/mol. The van der Waals surface area contributed by atoms with Crippen LogP contribution in [0, 0.1) is 12.8 Å². The first-order valence-electron chi connectivity index (χ1n) is 16.6. The predicted octanol–water partition coefficient (Wildman–Crippen LogP) is 11.6. The van der Waals surface area contributed by atoms with E-state index in [4.69, 9.17) is 4.74 Å². The van der Waals surface area contributed by atoms with Crippen molar-refractivity contribution in [2.45, 2.75) is 67.2 Å². The van der Waals surface area contributed by atoms with Crippen LogP contribution in [0.2, 0.25) is 0 Å². The molecule has 6 heteroatoms. The minimum absolute atomic E-state index is 0.114. The number of anilines is 2. The highest BCUT2D eigenvalue weighted by Gasteiger charge is 2.27. The first-order valence-corrected chi connectivity index (χ1v) is 17.5. The van der Waals surface area contributed by atoms with Gasteiger partial charge in [0.1, 0.15) is 5.75 Å². The molecule has 1 aliphatic rings. The van der Waals surface area contributed by atoms with Crippen LogP contribution in [0.1, 0.15) is 87.4 Å². The molecule has 4 aromatic rings. The fraction of sp³-hybridized carbons (Fsp3) is 0.317. The fourth-order valence-electron chi connectivity index (χ4n) is 4.95. The lowest BCUT2D eigenvalue weighted by Crippen LogP contribution is -2.19. The Morgan fingerprint density at radius 1 is 1.02 bits per heavy atom. The number of aryl methyl sites for hydroxylation is 1. The van der Waals surface area contributed by atoms with Crippen LogP contribution in [-0.2, 0) is 0 Å². The maximum atomic E-state index is 12.1. The molecule has 1 heterocycles. The second-order valence-corrected chi connectivity index (χ2v) is 11.9. The Morgan fingerprint density at radius 2 is 1.77 bits per heavy atom. The Labute approximate surface area is 287 Å². The molecule has 2 N–H and O–H groups in total. The topological polar surface area (TPSA) is 63.2 Å². The summed E-state index contributed by atoms with van der Waals surface area (Å²) in [4.78, 5) is 16.0. The number of rotatable bonds is 9. The van der Waals surface area contributed by atoms with Gasteiger partial charge in [-0.05, 0) is 87.8 Å². The van der Waals surface area contributed by atoms with Crippen molar-refractivity contribution < 1.29 is 9.53 Å². The molecule has 0 unspecified atom stereocenters. The standard InChI is InChI=1S/C19H24.C16H17NO2.C4H6N2S.C2H6/c1-4-5-6-9-15(2)12-17-10-7-8-11-19(17)18-13-16(3)14-18;1-3-19-15-9-5-8-14(11-15)17-16(18)13-7-4-6-12(2)10-13;1-5-4-6-2-3-7-4;1-2/h4-12,16,18H,13-14H2,1-3H3;4-11H,3H2,1-2H3,(H,17,18);2-3H,1H3,(H,5,6);1-2H3/b5-4-,9-6-,15-12?;;;. The fourth-order valence-corrected chi connectivity index (χ4v) is 5.44. The van der Waals surface area contributed by atoms with Gasteiger partial charge in [0.2, 0.25) is 0 Å². The molecule has 5 nitrogen and oxygen atoms in total. The first-order chi connectivity index (χ1) is 22.8. The number of hydrogen-bond acceptors (Lipinski definition) is 5. The number of nitrogens with one attached hydrogen (secondary N) is 2. The maximum absolute atomic E-state index is 12.1. The van der Waals surface area contributed by atoms with E-state index in [9.17, 15) is 4.79 Å². The second kappa shape index (κ2) is 22.2. The van der Waals surface area contributed by atoms with Gasteiger partial charge in [-0.25, -0.2) is 4.98 Å². The van der Waals surface area contributed by atoms with E-state index in [0.29, 0.717) is 12.2 Å². The number of hydrogen-bond donors (Lipinski definition) is 2. The van der Waals surface area contributed by atoms with E-state index in [2.05, 4.69) is 78.0 Å². The van der Waals surface area contributed by atoms with Crippen LogP contribution in [0.4, 0.5) is 10.8 Å². The molecule has 1 saturated carbocycles. The van der Waals surface area contributed by atoms with Crippen molar-refractivity contribution in [2.24, 2.45) is 5.92 Å². The number of amides is 1. The van der Waals surface area contributed by atoms with Gasteiger partial charge >= 0.3 is 0 Å². The number of carbonyl (C=O) groups excluding carboxylic acids is 1. The van der Waals surface area contributed by atoms with Crippen LogP contribution in [-0.4, -0.2) is 24.5 Å². The Kier molecular flexibility index (Phi) is 18.3. The van der Waals surface area contributed by atoms with E-state index in [1.807, 2.05) is 95.6 Å². The minimum Gasteiger partial charge on any atom is -0.494 e. The van der Waals surface area contributed by atoms with Crippen LogP contribution in [0.3, 0.4) is 0 Å². The van der Waals surface area contributed by atoms with Crippen LogP contribution in [0.25, 0.3) is 6.08 Å². The van der Waals surface area contributed by atoms with Gasteiger partial charge in [-0.3, -0.25) is 4.79 Å². The third-order valence-corrected chi connectivity index (χ3v) is 7.98. The molecule has 1 fully saturated rings. The predicted molar refractivity (Wildman–Crippen MR) is 205 cm³/mol. The number of aromatic nitrogens is 1. The molecule has 47 heavy (non-hydrogen) atoms. The highest BCUT2D eigenvalue weighted by atomic mass is 32.1. The third kappa shape index (κ3) is 14.3. The summed E-state index contributed by atoms with van der Waals surface area (Å²) in [6.07, 6.45) is 15.1. The Balaban J connectivity index is 0.000000260. The molecule has 0 radical (unpaired) electrons. The Hall–Kier alpha value is -4.42. The van der Waals surface area contributed by atoms with E-state index in [1.54, 1.807) is 23.6 Å². The third-order valence-electron chi connectivity index (χ3n) is 7.18. The van der Waals surface area contributed by atoms with Crippen molar-refractivity contribution in [1.82, 2.24) is 4.98 Å². The van der Waals surface area contributed by atoms with Crippen molar-refractivity contribution >= 4 is 34.1 Å². The summed E-state index contributed by atoms with van der Waals surface area (Å²) in [5.41, 5.74) is 6.68. The van der Waals surface area contributed by atoms with Crippen molar-refractivity contribution in [3.05, 3.63) is 137 Å². The number of benzene rings is 3. The molecule has 0 spiro atoms. The summed E-state index contributed by atoms with van der Waals surface area (Å²) in [5, 5.41) is 8.69. The first kappa shape index (κ1) is 38.8. The summed E-state index contributed by atoms with van der Waals surface area (Å²) in [5.74, 6) is 2.31. The zero-order chi connectivity index (χ0) is 34.4. The van der Waals surface area contributed by atoms with E-state index in [1.165, 1.54) is 29.5 Å². The second-order valence-electron chi connectivity index (χ2n) is 11.0. The molecule has 1 aliphatic carbocycles. The maximum Gasteiger partial charge on any atom is 0.255 e. The van der Waals surface area contributed by atoms with Gasteiger partial charge in [-0.15, -0.1) is 11.3 Å².